The van der Waals surface area contributed by atoms with E-state index in [1.165, 1.54) is 13.3 Å². The number of hydrogen-bond donors (Lipinski definition) is 0. The second-order valence-electron chi connectivity index (χ2n) is 4.34. The number of piperidine rings is 1. The van der Waals surface area contributed by atoms with Crippen LogP contribution in [0.25, 0.3) is 0 Å². The lowest BCUT2D eigenvalue weighted by Gasteiger charge is -2.32. The van der Waals surface area contributed by atoms with Gasteiger partial charge in [-0.25, -0.2) is 4.79 Å². The summed E-state index contributed by atoms with van der Waals surface area (Å²) in [5, 5.41) is 0. The molecule has 1 aliphatic rings. The number of aldehydes is 1. The predicted molar refractivity (Wildman–Crippen MR) is 66.6 cm³/mol. The maximum atomic E-state index is 11.7. The first kappa shape index (κ1) is 12.5. The molecule has 2 rings (SSSR count). The number of carbonyl (C=O) groups is 2. The summed E-state index contributed by atoms with van der Waals surface area (Å²) in [5.41, 5.74) is 1.31. The SMILES string of the molecule is COC(=O)c1cnccc1N1CCC(C=O)CC1. The van der Waals surface area contributed by atoms with Gasteiger partial charge in [0.25, 0.3) is 0 Å². The first-order valence-corrected chi connectivity index (χ1v) is 5.99. The summed E-state index contributed by atoms with van der Waals surface area (Å²) in [5.74, 6) is -0.236. The minimum absolute atomic E-state index is 0.143. The van der Waals surface area contributed by atoms with E-state index in [1.54, 1.807) is 6.20 Å². The van der Waals surface area contributed by atoms with Crippen LogP contribution in [0.15, 0.2) is 18.5 Å². The van der Waals surface area contributed by atoms with Crippen LogP contribution in [0.4, 0.5) is 5.69 Å². The Kier molecular flexibility index (Phi) is 3.92. The number of methoxy groups -OCH3 is 1. The van der Waals surface area contributed by atoms with Gasteiger partial charge in [-0.2, -0.15) is 0 Å². The lowest BCUT2D eigenvalue weighted by atomic mass is 9.98. The molecule has 2 heterocycles. The lowest BCUT2D eigenvalue weighted by molar-refractivity contribution is -0.111. The van der Waals surface area contributed by atoms with Crippen molar-refractivity contribution in [3.63, 3.8) is 0 Å². The molecule has 0 aliphatic carbocycles. The highest BCUT2D eigenvalue weighted by Crippen LogP contribution is 2.25. The molecular weight excluding hydrogens is 232 g/mol. The Hall–Kier alpha value is -1.91. The summed E-state index contributed by atoms with van der Waals surface area (Å²) >= 11 is 0. The molecule has 0 bridgehead atoms. The van der Waals surface area contributed by atoms with Crippen LogP contribution in [0.2, 0.25) is 0 Å². The van der Waals surface area contributed by atoms with Gasteiger partial charge in [-0.3, -0.25) is 4.98 Å². The Morgan fingerprint density at radius 3 is 2.83 bits per heavy atom. The fourth-order valence-corrected chi connectivity index (χ4v) is 2.21. The summed E-state index contributed by atoms with van der Waals surface area (Å²) in [6, 6.07) is 1.81. The number of pyridine rings is 1. The van der Waals surface area contributed by atoms with E-state index in [-0.39, 0.29) is 11.9 Å². The van der Waals surface area contributed by atoms with Crippen molar-refractivity contribution in [1.29, 1.82) is 0 Å². The van der Waals surface area contributed by atoms with Crippen molar-refractivity contribution in [3.05, 3.63) is 24.0 Å². The molecule has 0 saturated carbocycles. The summed E-state index contributed by atoms with van der Waals surface area (Å²) in [4.78, 5) is 28.4. The number of anilines is 1. The van der Waals surface area contributed by atoms with Crippen molar-refractivity contribution in [2.45, 2.75) is 12.8 Å². The van der Waals surface area contributed by atoms with Gasteiger partial charge in [0.2, 0.25) is 0 Å². The third-order valence-electron chi connectivity index (χ3n) is 3.28. The average Bonchev–Trinajstić information content (AvgIpc) is 2.46. The monoisotopic (exact) mass is 248 g/mol. The molecule has 96 valence electrons. The molecule has 0 spiro atoms. The maximum Gasteiger partial charge on any atom is 0.341 e. The van der Waals surface area contributed by atoms with E-state index in [1.807, 2.05) is 6.07 Å². The van der Waals surface area contributed by atoms with Crippen molar-refractivity contribution in [2.24, 2.45) is 5.92 Å². The normalized spacial score (nSPS) is 16.4. The van der Waals surface area contributed by atoms with Crippen LogP contribution < -0.4 is 4.90 Å². The minimum Gasteiger partial charge on any atom is -0.465 e. The number of carbonyl (C=O) groups excluding carboxylic acids is 2. The quantitative estimate of drug-likeness (QED) is 0.595. The Bertz CT molecular complexity index is 440. The summed E-state index contributed by atoms with van der Waals surface area (Å²) < 4.78 is 4.75. The number of aromatic nitrogens is 1. The van der Waals surface area contributed by atoms with E-state index in [4.69, 9.17) is 4.74 Å². The molecule has 18 heavy (non-hydrogen) atoms. The molecule has 1 aromatic rings. The molecule has 0 aromatic carbocycles. The van der Waals surface area contributed by atoms with Gasteiger partial charge in [-0.15, -0.1) is 0 Å². The van der Waals surface area contributed by atoms with Crippen LogP contribution in [0, 0.1) is 5.92 Å². The van der Waals surface area contributed by atoms with Crippen molar-refractivity contribution in [2.75, 3.05) is 25.1 Å². The zero-order chi connectivity index (χ0) is 13.0. The van der Waals surface area contributed by atoms with Crippen molar-refractivity contribution in [1.82, 2.24) is 4.98 Å². The van der Waals surface area contributed by atoms with Gasteiger partial charge in [0.15, 0.2) is 0 Å². The van der Waals surface area contributed by atoms with Crippen LogP contribution in [-0.2, 0) is 9.53 Å². The van der Waals surface area contributed by atoms with Gasteiger partial charge in [0, 0.05) is 31.4 Å². The Balaban J connectivity index is 2.18. The Labute approximate surface area is 106 Å². The third-order valence-corrected chi connectivity index (χ3v) is 3.28. The standard InChI is InChI=1S/C13H16N2O3/c1-18-13(17)11-8-14-5-2-12(11)15-6-3-10(9-16)4-7-15/h2,5,8-10H,3-4,6-7H2,1H3. The van der Waals surface area contributed by atoms with E-state index in [9.17, 15) is 9.59 Å². The highest BCUT2D eigenvalue weighted by atomic mass is 16.5. The van der Waals surface area contributed by atoms with E-state index in [2.05, 4.69) is 9.88 Å². The van der Waals surface area contributed by atoms with Gasteiger partial charge in [-0.05, 0) is 18.9 Å². The smallest absolute Gasteiger partial charge is 0.341 e. The first-order chi connectivity index (χ1) is 8.76. The number of esters is 1. The van der Waals surface area contributed by atoms with Crippen LogP contribution in [-0.4, -0.2) is 37.4 Å². The second-order valence-corrected chi connectivity index (χ2v) is 4.34. The molecule has 0 amide bonds. The maximum absolute atomic E-state index is 11.7. The zero-order valence-corrected chi connectivity index (χ0v) is 10.3. The van der Waals surface area contributed by atoms with E-state index in [0.717, 1.165) is 37.9 Å². The van der Waals surface area contributed by atoms with Crippen LogP contribution in [0.1, 0.15) is 23.2 Å². The molecule has 0 N–H and O–H groups in total. The van der Waals surface area contributed by atoms with Crippen molar-refractivity contribution in [3.8, 4) is 0 Å². The fraction of sp³-hybridized carbons (Fsp3) is 0.462. The molecule has 0 atom stereocenters. The van der Waals surface area contributed by atoms with Crippen LogP contribution >= 0.6 is 0 Å². The zero-order valence-electron chi connectivity index (χ0n) is 10.3. The van der Waals surface area contributed by atoms with Gasteiger partial charge in [0.05, 0.1) is 12.8 Å². The highest BCUT2D eigenvalue weighted by Gasteiger charge is 2.22. The molecular formula is C13H16N2O3. The highest BCUT2D eigenvalue weighted by molar-refractivity contribution is 5.95. The van der Waals surface area contributed by atoms with E-state index >= 15 is 0 Å². The number of ether oxygens (including phenoxy) is 1. The lowest BCUT2D eigenvalue weighted by Crippen LogP contribution is -2.35. The van der Waals surface area contributed by atoms with Crippen LogP contribution in [0.3, 0.4) is 0 Å². The molecule has 5 nitrogen and oxygen atoms in total. The molecule has 1 saturated heterocycles. The summed E-state index contributed by atoms with van der Waals surface area (Å²) in [7, 11) is 1.36. The van der Waals surface area contributed by atoms with Crippen molar-refractivity contribution >= 4 is 17.9 Å². The minimum atomic E-state index is -0.379. The molecule has 1 aromatic heterocycles. The number of rotatable bonds is 3. The van der Waals surface area contributed by atoms with E-state index in [0.29, 0.717) is 5.56 Å². The van der Waals surface area contributed by atoms with Crippen LogP contribution in [0.5, 0.6) is 0 Å². The van der Waals surface area contributed by atoms with Gasteiger partial charge in [-0.1, -0.05) is 0 Å². The van der Waals surface area contributed by atoms with Crippen molar-refractivity contribution < 1.29 is 14.3 Å². The summed E-state index contributed by atoms with van der Waals surface area (Å²) in [6.45, 7) is 1.55. The average molecular weight is 248 g/mol. The number of nitrogens with zero attached hydrogens (tertiary/aromatic N) is 2. The summed E-state index contributed by atoms with van der Waals surface area (Å²) in [6.07, 6.45) is 5.85. The van der Waals surface area contributed by atoms with Gasteiger partial charge in [0.1, 0.15) is 11.8 Å². The molecule has 1 aliphatic heterocycles. The Morgan fingerprint density at radius 1 is 1.50 bits per heavy atom. The molecule has 0 unspecified atom stereocenters. The molecule has 0 radical (unpaired) electrons. The van der Waals surface area contributed by atoms with Gasteiger partial charge < -0.3 is 14.4 Å². The predicted octanol–water partition coefficient (Wildman–Crippen LogP) is 1.28. The van der Waals surface area contributed by atoms with E-state index < -0.39 is 0 Å². The molecule has 5 heteroatoms. The second kappa shape index (κ2) is 5.62. The fourth-order valence-electron chi connectivity index (χ4n) is 2.21. The molecule has 1 fully saturated rings. The van der Waals surface area contributed by atoms with Gasteiger partial charge >= 0.3 is 5.97 Å². The number of hydrogen-bond acceptors (Lipinski definition) is 5. The Morgan fingerprint density at radius 2 is 2.22 bits per heavy atom. The topological polar surface area (TPSA) is 59.5 Å². The largest absolute Gasteiger partial charge is 0.465 e. The third kappa shape index (κ3) is 2.50. The first-order valence-electron chi connectivity index (χ1n) is 5.99.